The van der Waals surface area contributed by atoms with Gasteiger partial charge in [0.05, 0.1) is 12.8 Å². The van der Waals surface area contributed by atoms with Crippen LogP contribution in [0.4, 0.5) is 0 Å². The van der Waals surface area contributed by atoms with E-state index in [1.165, 1.54) is 10.6 Å². The summed E-state index contributed by atoms with van der Waals surface area (Å²) in [6, 6.07) is 10.1. The summed E-state index contributed by atoms with van der Waals surface area (Å²) in [6.07, 6.45) is 1.98. The maximum atomic E-state index is 11.5. The van der Waals surface area contributed by atoms with E-state index in [9.17, 15) is 8.42 Å². The van der Waals surface area contributed by atoms with Crippen molar-refractivity contribution < 1.29 is 8.42 Å². The fraction of sp³-hybridized carbons (Fsp3) is 0.562. The summed E-state index contributed by atoms with van der Waals surface area (Å²) < 4.78 is 24.5. The second-order valence-electron chi connectivity index (χ2n) is 5.22. The van der Waals surface area contributed by atoms with Crippen molar-refractivity contribution >= 4 is 40.0 Å². The highest BCUT2D eigenvalue weighted by Gasteiger charge is 2.13. The number of nitrogens with one attached hydrogen (secondary N) is 2. The van der Waals surface area contributed by atoms with E-state index < -0.39 is 10.0 Å². The molecule has 1 rings (SSSR count). The number of aliphatic imine (C=N–C) groups is 1. The molecular formula is C16H29IN4O2S. The van der Waals surface area contributed by atoms with E-state index in [4.69, 9.17) is 0 Å². The quantitative estimate of drug-likeness (QED) is 0.252. The number of hydrogen-bond acceptors (Lipinski definition) is 3. The fourth-order valence-corrected chi connectivity index (χ4v) is 3.05. The fourth-order valence-electron chi connectivity index (χ4n) is 2.12. The van der Waals surface area contributed by atoms with Crippen LogP contribution in [0.2, 0.25) is 0 Å². The monoisotopic (exact) mass is 468 g/mol. The molecule has 0 fully saturated rings. The summed E-state index contributed by atoms with van der Waals surface area (Å²) >= 11 is 0. The van der Waals surface area contributed by atoms with Crippen molar-refractivity contribution in [3.05, 3.63) is 35.9 Å². The Morgan fingerprint density at radius 2 is 1.83 bits per heavy atom. The molecule has 0 bridgehead atoms. The van der Waals surface area contributed by atoms with Crippen LogP contribution in [-0.4, -0.2) is 51.1 Å². The maximum Gasteiger partial charge on any atom is 0.211 e. The van der Waals surface area contributed by atoms with Crippen LogP contribution < -0.4 is 10.6 Å². The summed E-state index contributed by atoms with van der Waals surface area (Å²) in [5.41, 5.74) is 1.15. The van der Waals surface area contributed by atoms with E-state index in [2.05, 4.69) is 15.6 Å². The van der Waals surface area contributed by atoms with Crippen LogP contribution in [0.15, 0.2) is 35.3 Å². The first-order chi connectivity index (χ1) is 11.0. The van der Waals surface area contributed by atoms with Crippen LogP contribution in [-0.2, 0) is 16.6 Å². The third-order valence-electron chi connectivity index (χ3n) is 3.31. The summed E-state index contributed by atoms with van der Waals surface area (Å²) in [6.45, 7) is 6.95. The molecule has 2 N–H and O–H groups in total. The third kappa shape index (κ3) is 9.43. The molecule has 6 nitrogen and oxygen atoms in total. The molecule has 0 aromatic heterocycles. The van der Waals surface area contributed by atoms with E-state index in [0.29, 0.717) is 26.2 Å². The van der Waals surface area contributed by atoms with Gasteiger partial charge >= 0.3 is 0 Å². The van der Waals surface area contributed by atoms with Gasteiger partial charge in [0.15, 0.2) is 5.96 Å². The second-order valence-corrected chi connectivity index (χ2v) is 7.20. The molecule has 0 saturated carbocycles. The van der Waals surface area contributed by atoms with E-state index in [-0.39, 0.29) is 24.0 Å². The molecule has 0 heterocycles. The van der Waals surface area contributed by atoms with Crippen LogP contribution in [0, 0.1) is 0 Å². The van der Waals surface area contributed by atoms with Gasteiger partial charge in [-0.25, -0.2) is 17.7 Å². The highest BCUT2D eigenvalue weighted by molar-refractivity contribution is 14.0. The molecule has 0 radical (unpaired) electrons. The molecule has 1 aromatic rings. The Morgan fingerprint density at radius 3 is 2.38 bits per heavy atom. The average Bonchev–Trinajstić information content (AvgIpc) is 2.52. The number of hydrogen-bond donors (Lipinski definition) is 2. The van der Waals surface area contributed by atoms with Crippen LogP contribution in [0.5, 0.6) is 0 Å². The molecule has 0 saturated heterocycles. The van der Waals surface area contributed by atoms with Gasteiger partial charge in [0.25, 0.3) is 0 Å². The van der Waals surface area contributed by atoms with Crippen LogP contribution in [0.1, 0.15) is 25.8 Å². The zero-order chi connectivity index (χ0) is 17.1. The molecule has 0 aliphatic rings. The van der Waals surface area contributed by atoms with E-state index in [1.54, 1.807) is 0 Å². The Balaban J connectivity index is 0.00000529. The van der Waals surface area contributed by atoms with Gasteiger partial charge in [-0.2, -0.15) is 0 Å². The minimum absolute atomic E-state index is 0. The Kier molecular flexibility index (Phi) is 12.0. The first kappa shape index (κ1) is 23.1. The minimum atomic E-state index is -3.11. The van der Waals surface area contributed by atoms with Gasteiger partial charge in [0.1, 0.15) is 0 Å². The lowest BCUT2D eigenvalue weighted by atomic mass is 10.2. The predicted molar refractivity (Wildman–Crippen MR) is 111 cm³/mol. The standard InChI is InChI=1S/C16H28N4O2S.HI/c1-4-17-16(19-14-15-10-7-6-8-11-15)18-12-9-13-20(5-2)23(3,21)22;/h6-8,10-11H,4-5,9,12-14H2,1-3H3,(H2,17,18,19);1H. The summed E-state index contributed by atoms with van der Waals surface area (Å²) in [5.74, 6) is 0.749. The van der Waals surface area contributed by atoms with Crippen molar-refractivity contribution in [3.63, 3.8) is 0 Å². The summed E-state index contributed by atoms with van der Waals surface area (Å²) in [7, 11) is -3.11. The van der Waals surface area contributed by atoms with Crippen LogP contribution in [0.3, 0.4) is 0 Å². The van der Waals surface area contributed by atoms with Gasteiger partial charge in [-0.15, -0.1) is 24.0 Å². The molecular weight excluding hydrogens is 439 g/mol. The normalized spacial score (nSPS) is 11.9. The number of halogens is 1. The van der Waals surface area contributed by atoms with Crippen LogP contribution >= 0.6 is 24.0 Å². The smallest absolute Gasteiger partial charge is 0.211 e. The maximum absolute atomic E-state index is 11.5. The number of rotatable bonds is 9. The molecule has 0 amide bonds. The lowest BCUT2D eigenvalue weighted by Crippen LogP contribution is -2.39. The first-order valence-corrected chi connectivity index (χ1v) is 9.83. The Morgan fingerprint density at radius 1 is 1.17 bits per heavy atom. The molecule has 8 heteroatoms. The zero-order valence-electron chi connectivity index (χ0n) is 14.7. The Labute approximate surface area is 163 Å². The number of nitrogens with zero attached hydrogens (tertiary/aromatic N) is 2. The molecule has 24 heavy (non-hydrogen) atoms. The summed E-state index contributed by atoms with van der Waals surface area (Å²) in [4.78, 5) is 4.53. The largest absolute Gasteiger partial charge is 0.357 e. The van der Waals surface area contributed by atoms with Gasteiger partial charge in [0, 0.05) is 26.2 Å². The molecule has 0 atom stereocenters. The van der Waals surface area contributed by atoms with Gasteiger partial charge in [0.2, 0.25) is 10.0 Å². The molecule has 0 unspecified atom stereocenters. The van der Waals surface area contributed by atoms with Crippen LogP contribution in [0.25, 0.3) is 0 Å². The number of sulfonamides is 1. The first-order valence-electron chi connectivity index (χ1n) is 7.98. The van der Waals surface area contributed by atoms with Crippen molar-refractivity contribution in [2.24, 2.45) is 4.99 Å². The van der Waals surface area contributed by atoms with Crippen molar-refractivity contribution in [2.45, 2.75) is 26.8 Å². The zero-order valence-corrected chi connectivity index (χ0v) is 17.8. The van der Waals surface area contributed by atoms with Gasteiger partial charge in [-0.05, 0) is 18.9 Å². The van der Waals surface area contributed by atoms with Crippen molar-refractivity contribution in [1.82, 2.24) is 14.9 Å². The highest BCUT2D eigenvalue weighted by atomic mass is 127. The van der Waals surface area contributed by atoms with Gasteiger partial charge < -0.3 is 10.6 Å². The lowest BCUT2D eigenvalue weighted by Gasteiger charge is -2.18. The SMILES string of the molecule is CCNC(=NCc1ccccc1)NCCCN(CC)S(C)(=O)=O.I. The van der Waals surface area contributed by atoms with Crippen molar-refractivity contribution in [2.75, 3.05) is 32.4 Å². The summed E-state index contributed by atoms with van der Waals surface area (Å²) in [5, 5.41) is 6.43. The van der Waals surface area contributed by atoms with E-state index in [0.717, 1.165) is 24.5 Å². The Hall–Kier alpha value is -0.870. The molecule has 0 aliphatic carbocycles. The number of benzene rings is 1. The van der Waals surface area contributed by atoms with E-state index in [1.807, 2.05) is 44.2 Å². The lowest BCUT2D eigenvalue weighted by molar-refractivity contribution is 0.424. The predicted octanol–water partition coefficient (Wildman–Crippen LogP) is 2.03. The molecule has 138 valence electrons. The van der Waals surface area contributed by atoms with E-state index >= 15 is 0 Å². The number of guanidine groups is 1. The molecule has 1 aromatic carbocycles. The third-order valence-corrected chi connectivity index (χ3v) is 4.68. The Bertz CT molecular complexity index is 579. The highest BCUT2D eigenvalue weighted by Crippen LogP contribution is 2.00. The van der Waals surface area contributed by atoms with Gasteiger partial charge in [-0.3, -0.25) is 0 Å². The second kappa shape index (κ2) is 12.5. The minimum Gasteiger partial charge on any atom is -0.357 e. The average molecular weight is 468 g/mol. The van der Waals surface area contributed by atoms with Crippen molar-refractivity contribution in [3.8, 4) is 0 Å². The molecule has 0 spiro atoms. The topological polar surface area (TPSA) is 73.8 Å². The van der Waals surface area contributed by atoms with Gasteiger partial charge in [-0.1, -0.05) is 37.3 Å². The van der Waals surface area contributed by atoms with Crippen molar-refractivity contribution in [1.29, 1.82) is 0 Å². The molecule has 0 aliphatic heterocycles.